The lowest BCUT2D eigenvalue weighted by Gasteiger charge is -2.05. The Morgan fingerprint density at radius 2 is 1.30 bits per heavy atom. The Morgan fingerprint density at radius 3 is 1.60 bits per heavy atom. The lowest BCUT2D eigenvalue weighted by atomic mass is 10.0. The van der Waals surface area contributed by atoms with Crippen molar-refractivity contribution in [2.45, 2.75) is 46.5 Å². The predicted molar refractivity (Wildman–Crippen MR) is 46.0 cm³/mol. The molecule has 0 aromatic rings. The van der Waals surface area contributed by atoms with Crippen molar-refractivity contribution in [1.29, 1.82) is 0 Å². The summed E-state index contributed by atoms with van der Waals surface area (Å²) in [6.07, 6.45) is 6.13. The second-order valence-electron chi connectivity index (χ2n) is 3.47. The first-order valence-electron chi connectivity index (χ1n) is 4.89. The van der Waals surface area contributed by atoms with Gasteiger partial charge in [0.1, 0.15) is 0 Å². The Balaban J connectivity index is 0.000000231. The van der Waals surface area contributed by atoms with Crippen LogP contribution in [0.2, 0.25) is 0 Å². The molecule has 60 valence electrons. The second kappa shape index (κ2) is 3.41. The molecule has 2 atom stereocenters. The Hall–Kier alpha value is 0. The van der Waals surface area contributed by atoms with E-state index in [9.17, 15) is 0 Å². The molecule has 0 aromatic heterocycles. The van der Waals surface area contributed by atoms with E-state index in [1.54, 1.807) is 12.8 Å². The highest BCUT2D eigenvalue weighted by molar-refractivity contribution is 4.95. The van der Waals surface area contributed by atoms with Gasteiger partial charge < -0.3 is 0 Å². The molecule has 0 radical (unpaired) electrons. The molecule has 0 heteroatoms. The first-order chi connectivity index (χ1) is 4.89. The van der Waals surface area contributed by atoms with Gasteiger partial charge in [0.25, 0.3) is 0 Å². The Labute approximate surface area is 65.0 Å². The third-order valence-electron chi connectivity index (χ3n) is 3.08. The van der Waals surface area contributed by atoms with Crippen LogP contribution in [-0.4, -0.2) is 0 Å². The van der Waals surface area contributed by atoms with Crippen LogP contribution in [0.15, 0.2) is 0 Å². The highest BCUT2D eigenvalue weighted by Gasteiger charge is 2.46. The number of fused-ring (bicyclic) bond motifs is 1. The molecule has 0 aliphatic heterocycles. The highest BCUT2D eigenvalue weighted by Crippen LogP contribution is 2.54. The van der Waals surface area contributed by atoms with Gasteiger partial charge >= 0.3 is 0 Å². The summed E-state index contributed by atoms with van der Waals surface area (Å²) in [4.78, 5) is 0. The van der Waals surface area contributed by atoms with Gasteiger partial charge in [0.2, 0.25) is 0 Å². The molecule has 2 aliphatic rings. The molecule has 10 heavy (non-hydrogen) atoms. The normalized spacial score (nSPS) is 42.9. The minimum Gasteiger partial charge on any atom is -0.0683 e. The van der Waals surface area contributed by atoms with E-state index < -0.39 is 0 Å². The quantitative estimate of drug-likeness (QED) is 0.483. The molecule has 0 aromatic carbocycles. The third-order valence-corrected chi connectivity index (χ3v) is 3.08. The van der Waals surface area contributed by atoms with Gasteiger partial charge in [-0.05, 0) is 30.6 Å². The van der Waals surface area contributed by atoms with Crippen LogP contribution >= 0.6 is 0 Å². The smallest absolute Gasteiger partial charge is 0.0355 e. The van der Waals surface area contributed by atoms with E-state index in [2.05, 4.69) is 6.92 Å². The summed E-state index contributed by atoms with van der Waals surface area (Å²) >= 11 is 0. The maximum Gasteiger partial charge on any atom is -0.0355 e. The fraction of sp³-hybridized carbons (Fsp3) is 1.00. The summed E-state index contributed by atoms with van der Waals surface area (Å²) in [5.74, 6) is 3.45. The maximum atomic E-state index is 2.42. The van der Waals surface area contributed by atoms with Gasteiger partial charge in [-0.1, -0.05) is 33.6 Å². The van der Waals surface area contributed by atoms with Crippen LogP contribution in [0.25, 0.3) is 0 Å². The average Bonchev–Trinajstić information content (AvgIpc) is 2.68. The lowest BCUT2D eigenvalue weighted by Crippen LogP contribution is -1.91. The van der Waals surface area contributed by atoms with Crippen molar-refractivity contribution in [3.63, 3.8) is 0 Å². The summed E-state index contributed by atoms with van der Waals surface area (Å²) in [7, 11) is 0. The van der Waals surface area contributed by atoms with Gasteiger partial charge in [-0.2, -0.15) is 0 Å². The first-order valence-corrected chi connectivity index (χ1v) is 4.89. The topological polar surface area (TPSA) is 0 Å². The third kappa shape index (κ3) is 1.36. The lowest BCUT2D eigenvalue weighted by molar-refractivity contribution is 0.480. The maximum absolute atomic E-state index is 2.42. The molecule has 0 saturated heterocycles. The zero-order valence-corrected chi connectivity index (χ0v) is 7.56. The zero-order chi connectivity index (χ0) is 7.56. The molecule has 0 N–H and O–H groups in total. The van der Waals surface area contributed by atoms with Gasteiger partial charge in [0.05, 0.1) is 0 Å². The zero-order valence-electron chi connectivity index (χ0n) is 7.56. The van der Waals surface area contributed by atoms with Gasteiger partial charge in [0.15, 0.2) is 0 Å². The van der Waals surface area contributed by atoms with E-state index >= 15 is 0 Å². The van der Waals surface area contributed by atoms with Crippen LogP contribution in [0.3, 0.4) is 0 Å². The molecule has 2 rings (SSSR count). The summed E-state index contributed by atoms with van der Waals surface area (Å²) in [5, 5.41) is 0. The molecule has 2 aliphatic carbocycles. The summed E-state index contributed by atoms with van der Waals surface area (Å²) < 4.78 is 0. The largest absolute Gasteiger partial charge is 0.0683 e. The van der Waals surface area contributed by atoms with Crippen LogP contribution < -0.4 is 0 Å². The SMILES string of the molecule is CC.CC1C2CCCCC12. The van der Waals surface area contributed by atoms with Gasteiger partial charge in [-0.25, -0.2) is 0 Å². The van der Waals surface area contributed by atoms with Crippen molar-refractivity contribution in [2.24, 2.45) is 17.8 Å². The van der Waals surface area contributed by atoms with E-state index in [1.165, 1.54) is 24.7 Å². The summed E-state index contributed by atoms with van der Waals surface area (Å²) in [5.41, 5.74) is 0. The average molecular weight is 140 g/mol. The molecule has 2 fully saturated rings. The van der Waals surface area contributed by atoms with Crippen molar-refractivity contribution in [3.05, 3.63) is 0 Å². The minimum atomic E-state index is 1.11. The minimum absolute atomic E-state index is 1.11. The molecule has 0 heterocycles. The standard InChI is InChI=1S/C8H14.C2H6/c1-6-7-4-2-3-5-8(6)7;1-2/h6-8H,2-5H2,1H3;1-2H3. The fourth-order valence-corrected chi connectivity index (χ4v) is 2.35. The molecule has 0 nitrogen and oxygen atoms in total. The second-order valence-corrected chi connectivity index (χ2v) is 3.47. The fourth-order valence-electron chi connectivity index (χ4n) is 2.35. The van der Waals surface area contributed by atoms with Crippen LogP contribution in [0.1, 0.15) is 46.5 Å². The predicted octanol–water partition coefficient (Wildman–Crippen LogP) is 3.47. The summed E-state index contributed by atoms with van der Waals surface area (Å²) in [6.45, 7) is 6.42. The Morgan fingerprint density at radius 1 is 0.900 bits per heavy atom. The molecule has 0 bridgehead atoms. The van der Waals surface area contributed by atoms with Crippen molar-refractivity contribution in [2.75, 3.05) is 0 Å². The number of hydrogen-bond acceptors (Lipinski definition) is 0. The molecular formula is C10H20. The van der Waals surface area contributed by atoms with Gasteiger partial charge in [-0.3, -0.25) is 0 Å². The summed E-state index contributed by atoms with van der Waals surface area (Å²) in [6, 6.07) is 0. The van der Waals surface area contributed by atoms with E-state index in [-0.39, 0.29) is 0 Å². The highest BCUT2D eigenvalue weighted by atomic mass is 14.5. The van der Waals surface area contributed by atoms with Gasteiger partial charge in [0, 0.05) is 0 Å². The van der Waals surface area contributed by atoms with Crippen LogP contribution in [-0.2, 0) is 0 Å². The Kier molecular flexibility index (Phi) is 2.76. The first kappa shape index (κ1) is 8.10. The molecule has 0 spiro atoms. The van der Waals surface area contributed by atoms with E-state index in [0.29, 0.717) is 0 Å². The van der Waals surface area contributed by atoms with E-state index in [4.69, 9.17) is 0 Å². The van der Waals surface area contributed by atoms with E-state index in [0.717, 1.165) is 5.92 Å². The Bertz CT molecular complexity index is 84.2. The van der Waals surface area contributed by atoms with Crippen LogP contribution in [0.5, 0.6) is 0 Å². The van der Waals surface area contributed by atoms with E-state index in [1.807, 2.05) is 13.8 Å². The molecule has 2 unspecified atom stereocenters. The van der Waals surface area contributed by atoms with Crippen LogP contribution in [0.4, 0.5) is 0 Å². The van der Waals surface area contributed by atoms with Crippen molar-refractivity contribution in [3.8, 4) is 0 Å². The van der Waals surface area contributed by atoms with Gasteiger partial charge in [-0.15, -0.1) is 0 Å². The van der Waals surface area contributed by atoms with Crippen molar-refractivity contribution >= 4 is 0 Å². The molecule has 2 saturated carbocycles. The van der Waals surface area contributed by atoms with Crippen LogP contribution in [0, 0.1) is 17.8 Å². The van der Waals surface area contributed by atoms with Crippen molar-refractivity contribution in [1.82, 2.24) is 0 Å². The number of hydrogen-bond donors (Lipinski definition) is 0. The molecular weight excluding hydrogens is 120 g/mol. The van der Waals surface area contributed by atoms with Crippen molar-refractivity contribution < 1.29 is 0 Å². The monoisotopic (exact) mass is 140 g/mol. The molecule has 0 amide bonds. The number of rotatable bonds is 0.